The van der Waals surface area contributed by atoms with Gasteiger partial charge in [-0.2, -0.15) is 16.3 Å². The molecular weight excluding hydrogens is 334 g/mol. The van der Waals surface area contributed by atoms with Crippen molar-refractivity contribution < 1.29 is 9.32 Å². The topological polar surface area (TPSA) is 68.0 Å². The lowest BCUT2D eigenvalue weighted by Gasteiger charge is -2.05. The normalized spacial score (nSPS) is 10.7. The van der Waals surface area contributed by atoms with Gasteiger partial charge in [0.25, 0.3) is 0 Å². The number of carbonyl (C=O) groups excluding carboxylic acids is 1. The van der Waals surface area contributed by atoms with Crippen LogP contribution in [0.2, 0.25) is 5.02 Å². The van der Waals surface area contributed by atoms with Crippen molar-refractivity contribution in [2.45, 2.75) is 19.8 Å². The van der Waals surface area contributed by atoms with Crippen LogP contribution in [0, 0.1) is 6.92 Å². The van der Waals surface area contributed by atoms with E-state index in [0.29, 0.717) is 28.8 Å². The number of anilines is 1. The monoisotopic (exact) mass is 347 g/mol. The number of halogens is 1. The first kappa shape index (κ1) is 15.7. The van der Waals surface area contributed by atoms with Gasteiger partial charge in [-0.05, 0) is 36.1 Å². The standard InChI is InChI=1S/C16H14ClN3O2S/c1-10-2-3-12(8-13(10)17)18-14(21)4-5-15-19-16(20-22-15)11-6-7-23-9-11/h2-3,6-9H,4-5H2,1H3,(H,18,21). The number of thiophene rings is 1. The third-order valence-electron chi connectivity index (χ3n) is 3.27. The Balaban J connectivity index is 1.55. The highest BCUT2D eigenvalue weighted by Gasteiger charge is 2.11. The van der Waals surface area contributed by atoms with Crippen LogP contribution in [0.1, 0.15) is 17.9 Å². The first-order chi connectivity index (χ1) is 11.1. The largest absolute Gasteiger partial charge is 0.339 e. The summed E-state index contributed by atoms with van der Waals surface area (Å²) < 4.78 is 5.17. The minimum absolute atomic E-state index is 0.125. The third-order valence-corrected chi connectivity index (χ3v) is 4.36. The molecule has 0 bridgehead atoms. The fourth-order valence-corrected chi connectivity index (χ4v) is 2.79. The second kappa shape index (κ2) is 6.93. The number of hydrogen-bond donors (Lipinski definition) is 1. The van der Waals surface area contributed by atoms with Crippen molar-refractivity contribution in [2.75, 3.05) is 5.32 Å². The molecule has 7 heteroatoms. The summed E-state index contributed by atoms with van der Waals surface area (Å²) in [6, 6.07) is 7.34. The molecule has 0 atom stereocenters. The Morgan fingerprint density at radius 2 is 2.26 bits per heavy atom. The first-order valence-corrected chi connectivity index (χ1v) is 8.35. The van der Waals surface area contributed by atoms with Gasteiger partial charge in [-0.1, -0.05) is 22.8 Å². The maximum Gasteiger partial charge on any atom is 0.227 e. The summed E-state index contributed by atoms with van der Waals surface area (Å²) >= 11 is 7.61. The van der Waals surface area contributed by atoms with Crippen LogP contribution in [0.3, 0.4) is 0 Å². The Morgan fingerprint density at radius 1 is 1.39 bits per heavy atom. The van der Waals surface area contributed by atoms with Gasteiger partial charge in [-0.25, -0.2) is 0 Å². The quantitative estimate of drug-likeness (QED) is 0.745. The van der Waals surface area contributed by atoms with E-state index in [2.05, 4.69) is 15.5 Å². The van der Waals surface area contributed by atoms with Crippen molar-refractivity contribution >= 4 is 34.5 Å². The molecule has 2 heterocycles. The number of carbonyl (C=O) groups is 1. The Kier molecular flexibility index (Phi) is 4.73. The van der Waals surface area contributed by atoms with E-state index in [4.69, 9.17) is 16.1 Å². The third kappa shape index (κ3) is 3.97. The van der Waals surface area contributed by atoms with E-state index in [0.717, 1.165) is 11.1 Å². The number of amides is 1. The molecule has 0 fully saturated rings. The number of nitrogens with one attached hydrogen (secondary N) is 1. The predicted octanol–water partition coefficient (Wildman–Crippen LogP) is 4.33. The Bertz CT molecular complexity index is 815. The first-order valence-electron chi connectivity index (χ1n) is 7.03. The minimum Gasteiger partial charge on any atom is -0.339 e. The summed E-state index contributed by atoms with van der Waals surface area (Å²) in [4.78, 5) is 16.3. The number of aryl methyl sites for hydroxylation is 2. The zero-order valence-corrected chi connectivity index (χ0v) is 13.9. The number of rotatable bonds is 5. The van der Waals surface area contributed by atoms with Crippen LogP contribution >= 0.6 is 22.9 Å². The van der Waals surface area contributed by atoms with Gasteiger partial charge in [0.15, 0.2) is 0 Å². The molecule has 0 spiro atoms. The predicted molar refractivity (Wildman–Crippen MR) is 90.8 cm³/mol. The van der Waals surface area contributed by atoms with E-state index in [1.807, 2.05) is 35.9 Å². The van der Waals surface area contributed by atoms with Crippen molar-refractivity contribution in [3.8, 4) is 11.4 Å². The van der Waals surface area contributed by atoms with Crippen LogP contribution in [0.25, 0.3) is 11.4 Å². The highest BCUT2D eigenvalue weighted by atomic mass is 35.5. The SMILES string of the molecule is Cc1ccc(NC(=O)CCc2nc(-c3ccsc3)no2)cc1Cl. The van der Waals surface area contributed by atoms with Gasteiger partial charge in [0.1, 0.15) is 0 Å². The highest BCUT2D eigenvalue weighted by Crippen LogP contribution is 2.21. The Morgan fingerprint density at radius 3 is 3.00 bits per heavy atom. The molecule has 1 aromatic carbocycles. The van der Waals surface area contributed by atoms with Gasteiger partial charge >= 0.3 is 0 Å². The van der Waals surface area contributed by atoms with Crippen molar-refractivity contribution in [3.05, 3.63) is 51.5 Å². The summed E-state index contributed by atoms with van der Waals surface area (Å²) in [5.41, 5.74) is 2.57. The molecule has 0 saturated carbocycles. The molecule has 1 amide bonds. The summed E-state index contributed by atoms with van der Waals surface area (Å²) in [5, 5.41) is 11.2. The second-order valence-corrected chi connectivity index (χ2v) is 6.22. The van der Waals surface area contributed by atoms with Gasteiger partial charge in [0, 0.05) is 34.5 Å². The van der Waals surface area contributed by atoms with Crippen molar-refractivity contribution in [2.24, 2.45) is 0 Å². The summed E-state index contributed by atoms with van der Waals surface area (Å²) in [7, 11) is 0. The molecule has 23 heavy (non-hydrogen) atoms. The van der Waals surface area contributed by atoms with Crippen LogP contribution in [0.15, 0.2) is 39.5 Å². The zero-order chi connectivity index (χ0) is 16.2. The van der Waals surface area contributed by atoms with Crippen LogP contribution in [0.4, 0.5) is 5.69 Å². The average Bonchev–Trinajstić information content (AvgIpc) is 3.19. The van der Waals surface area contributed by atoms with Gasteiger partial charge in [-0.3, -0.25) is 4.79 Å². The molecule has 1 N–H and O–H groups in total. The number of nitrogens with zero attached hydrogens (tertiary/aromatic N) is 2. The lowest BCUT2D eigenvalue weighted by atomic mass is 10.2. The molecule has 2 aromatic heterocycles. The van der Waals surface area contributed by atoms with Gasteiger partial charge in [-0.15, -0.1) is 0 Å². The molecule has 0 radical (unpaired) electrons. The molecule has 0 aliphatic carbocycles. The van der Waals surface area contributed by atoms with Gasteiger partial charge < -0.3 is 9.84 Å². The fourth-order valence-electron chi connectivity index (χ4n) is 1.98. The Hall–Kier alpha value is -2.18. The van der Waals surface area contributed by atoms with E-state index >= 15 is 0 Å². The lowest BCUT2D eigenvalue weighted by molar-refractivity contribution is -0.116. The van der Waals surface area contributed by atoms with E-state index in [1.165, 1.54) is 0 Å². The number of aromatic nitrogens is 2. The molecule has 5 nitrogen and oxygen atoms in total. The van der Waals surface area contributed by atoms with E-state index in [9.17, 15) is 4.79 Å². The lowest BCUT2D eigenvalue weighted by Crippen LogP contribution is -2.12. The van der Waals surface area contributed by atoms with Crippen molar-refractivity contribution in [1.29, 1.82) is 0 Å². The van der Waals surface area contributed by atoms with Gasteiger partial charge in [0.2, 0.25) is 17.6 Å². The smallest absolute Gasteiger partial charge is 0.227 e. The van der Waals surface area contributed by atoms with E-state index < -0.39 is 0 Å². The zero-order valence-electron chi connectivity index (χ0n) is 12.4. The van der Waals surface area contributed by atoms with Crippen LogP contribution in [-0.4, -0.2) is 16.0 Å². The second-order valence-electron chi connectivity index (χ2n) is 5.04. The molecule has 0 aliphatic heterocycles. The molecule has 3 rings (SSSR count). The van der Waals surface area contributed by atoms with Gasteiger partial charge in [0.05, 0.1) is 0 Å². The van der Waals surface area contributed by atoms with Crippen LogP contribution in [0.5, 0.6) is 0 Å². The van der Waals surface area contributed by atoms with E-state index in [-0.39, 0.29) is 12.3 Å². The Labute approximate surface area is 142 Å². The molecule has 3 aromatic rings. The maximum atomic E-state index is 12.0. The number of benzene rings is 1. The highest BCUT2D eigenvalue weighted by molar-refractivity contribution is 7.08. The summed E-state index contributed by atoms with van der Waals surface area (Å²) in [6.45, 7) is 1.91. The molecule has 0 unspecified atom stereocenters. The van der Waals surface area contributed by atoms with Crippen molar-refractivity contribution in [3.63, 3.8) is 0 Å². The average molecular weight is 348 g/mol. The van der Waals surface area contributed by atoms with Crippen LogP contribution < -0.4 is 5.32 Å². The minimum atomic E-state index is -0.125. The fraction of sp³-hybridized carbons (Fsp3) is 0.188. The number of hydrogen-bond acceptors (Lipinski definition) is 5. The van der Waals surface area contributed by atoms with Crippen molar-refractivity contribution in [1.82, 2.24) is 10.1 Å². The molecule has 0 saturated heterocycles. The van der Waals surface area contributed by atoms with E-state index in [1.54, 1.807) is 17.4 Å². The van der Waals surface area contributed by atoms with Crippen LogP contribution in [-0.2, 0) is 11.2 Å². The molecule has 0 aliphatic rings. The molecule has 118 valence electrons. The molecular formula is C16H14ClN3O2S. The maximum absolute atomic E-state index is 12.0. The summed E-state index contributed by atoms with van der Waals surface area (Å²) in [6.07, 6.45) is 0.652. The summed E-state index contributed by atoms with van der Waals surface area (Å²) in [5.74, 6) is 0.871.